The first kappa shape index (κ1) is 15.0. The van der Waals surface area contributed by atoms with Crippen molar-refractivity contribution in [3.63, 3.8) is 0 Å². The van der Waals surface area contributed by atoms with Crippen LogP contribution in [-0.4, -0.2) is 32.3 Å². The lowest BCUT2D eigenvalue weighted by atomic mass is 9.97. The van der Waals surface area contributed by atoms with E-state index < -0.39 is 32.3 Å². The maximum Gasteiger partial charge on any atom is 0.0693 e. The second kappa shape index (κ2) is 5.94. The summed E-state index contributed by atoms with van der Waals surface area (Å²) in [5.74, 6) is 0. The Bertz CT molecular complexity index is 105. The average molecular weight is 327 g/mol. The van der Waals surface area contributed by atoms with Gasteiger partial charge in [-0.1, -0.05) is 0 Å². The van der Waals surface area contributed by atoms with Gasteiger partial charge >= 0.3 is 0 Å². The van der Waals surface area contributed by atoms with Gasteiger partial charge in [-0.15, -0.1) is 82.0 Å². The van der Waals surface area contributed by atoms with E-state index in [4.69, 9.17) is 69.6 Å². The molecule has 1 aliphatic carbocycles. The third-order valence-corrected chi connectivity index (χ3v) is 5.86. The van der Waals surface area contributed by atoms with Gasteiger partial charge < -0.3 is 0 Å². The van der Waals surface area contributed by atoms with Crippen molar-refractivity contribution in [3.8, 4) is 0 Å². The van der Waals surface area contributed by atoms with Gasteiger partial charge in [0.1, 0.15) is 0 Å². The molecule has 0 unspecified atom stereocenters. The highest BCUT2D eigenvalue weighted by atomic mass is 35.5. The predicted octanol–water partition coefficient (Wildman–Crippen LogP) is 4.07. The lowest BCUT2D eigenvalue weighted by Crippen LogP contribution is -2.52. The van der Waals surface area contributed by atoms with Crippen molar-refractivity contribution < 1.29 is 0 Å². The molecular formula is C6H7Cl7. The second-order valence-electron chi connectivity index (χ2n) is 2.67. The molecule has 0 atom stereocenters. The fraction of sp³-hybridized carbons (Fsp3) is 1.00. The van der Waals surface area contributed by atoms with Crippen molar-refractivity contribution in [3.05, 3.63) is 0 Å². The summed E-state index contributed by atoms with van der Waals surface area (Å²) in [6.45, 7) is 0. The van der Waals surface area contributed by atoms with Gasteiger partial charge in [-0.05, 0) is 0 Å². The molecule has 1 rings (SSSR count). The molecule has 0 bridgehead atoms. The van der Waals surface area contributed by atoms with E-state index in [9.17, 15) is 0 Å². The minimum absolute atomic E-state index is 0. The molecule has 0 aromatic rings. The Balaban J connectivity index is 0.00000144. The molecule has 0 heterocycles. The van der Waals surface area contributed by atoms with Gasteiger partial charge in [0.05, 0.1) is 32.3 Å². The van der Waals surface area contributed by atoms with Crippen LogP contribution in [0.1, 0.15) is 0 Å². The van der Waals surface area contributed by atoms with E-state index in [1.54, 1.807) is 0 Å². The predicted molar refractivity (Wildman–Crippen MR) is 65.1 cm³/mol. The summed E-state index contributed by atoms with van der Waals surface area (Å²) in [7, 11) is 0. The monoisotopic (exact) mass is 324 g/mol. The molecule has 1 saturated carbocycles. The minimum atomic E-state index is -0.437. The van der Waals surface area contributed by atoms with E-state index in [2.05, 4.69) is 0 Å². The first-order valence-electron chi connectivity index (χ1n) is 3.31. The number of hydrogen-bond acceptors (Lipinski definition) is 0. The summed E-state index contributed by atoms with van der Waals surface area (Å²) in [4.78, 5) is 0. The van der Waals surface area contributed by atoms with Crippen LogP contribution in [0.5, 0.6) is 0 Å². The third kappa shape index (κ3) is 3.00. The Morgan fingerprint density at radius 1 is 0.385 bits per heavy atom. The second-order valence-corrected chi connectivity index (χ2v) is 5.69. The maximum atomic E-state index is 5.88. The third-order valence-electron chi connectivity index (χ3n) is 1.83. The summed E-state index contributed by atoms with van der Waals surface area (Å²) in [6.07, 6.45) is 0. The van der Waals surface area contributed by atoms with Crippen molar-refractivity contribution in [2.75, 3.05) is 0 Å². The van der Waals surface area contributed by atoms with Crippen molar-refractivity contribution in [2.24, 2.45) is 0 Å². The Hall–Kier alpha value is 2.03. The first-order valence-corrected chi connectivity index (χ1v) is 5.93. The van der Waals surface area contributed by atoms with Crippen molar-refractivity contribution >= 4 is 82.0 Å². The molecule has 80 valence electrons. The Morgan fingerprint density at radius 2 is 0.462 bits per heavy atom. The van der Waals surface area contributed by atoms with E-state index in [1.165, 1.54) is 0 Å². The zero-order chi connectivity index (χ0) is 9.46. The molecule has 1 aliphatic rings. The van der Waals surface area contributed by atoms with Crippen LogP contribution in [0.2, 0.25) is 0 Å². The molecule has 0 nitrogen and oxygen atoms in total. The lowest BCUT2D eigenvalue weighted by molar-refractivity contribution is 0.544. The Kier molecular flexibility index (Phi) is 6.86. The highest BCUT2D eigenvalue weighted by Crippen LogP contribution is 2.39. The van der Waals surface area contributed by atoms with Crippen LogP contribution in [0.4, 0.5) is 0 Å². The van der Waals surface area contributed by atoms with Crippen LogP contribution < -0.4 is 0 Å². The average Bonchev–Trinajstić information content (AvgIpc) is 2.08. The zero-order valence-corrected chi connectivity index (χ0v) is 11.5. The molecule has 0 spiro atoms. The van der Waals surface area contributed by atoms with E-state index in [-0.39, 0.29) is 12.4 Å². The number of rotatable bonds is 0. The van der Waals surface area contributed by atoms with Crippen LogP contribution in [0.3, 0.4) is 0 Å². The lowest BCUT2D eigenvalue weighted by Gasteiger charge is -2.37. The maximum absolute atomic E-state index is 5.88. The van der Waals surface area contributed by atoms with Gasteiger partial charge in [0, 0.05) is 0 Å². The van der Waals surface area contributed by atoms with Crippen LogP contribution >= 0.6 is 82.0 Å². The molecule has 7 heteroatoms. The summed E-state index contributed by atoms with van der Waals surface area (Å²) in [6, 6.07) is 0. The standard InChI is InChI=1S/C6H6Cl6.ClH/c7-1-2(8)4(10)6(12)5(11)3(1)9;/h1-6H;1H/t1-,2-,3-,4+,5+,6+;. The molecule has 13 heavy (non-hydrogen) atoms. The minimum Gasteiger partial charge on any atom is -0.147 e. The van der Waals surface area contributed by atoms with Crippen LogP contribution in [0, 0.1) is 0 Å². The molecule has 0 amide bonds. The quantitative estimate of drug-likeness (QED) is 0.589. The van der Waals surface area contributed by atoms with E-state index in [0.29, 0.717) is 0 Å². The van der Waals surface area contributed by atoms with Gasteiger partial charge in [-0.2, -0.15) is 0 Å². The normalized spacial score (nSPS) is 51.2. The fourth-order valence-electron chi connectivity index (χ4n) is 1.05. The van der Waals surface area contributed by atoms with Gasteiger partial charge in [-0.3, -0.25) is 0 Å². The van der Waals surface area contributed by atoms with E-state index >= 15 is 0 Å². The zero-order valence-electron chi connectivity index (χ0n) is 6.14. The molecular weight excluding hydrogens is 320 g/mol. The number of halogens is 7. The molecule has 0 radical (unpaired) electrons. The largest absolute Gasteiger partial charge is 0.147 e. The summed E-state index contributed by atoms with van der Waals surface area (Å²) >= 11 is 35.3. The number of hydrogen-bond donors (Lipinski definition) is 0. The van der Waals surface area contributed by atoms with E-state index in [0.717, 1.165) is 0 Å². The molecule has 0 N–H and O–H groups in total. The summed E-state index contributed by atoms with van der Waals surface area (Å²) in [5, 5.41) is -2.62. The summed E-state index contributed by atoms with van der Waals surface area (Å²) < 4.78 is 0. The first-order chi connectivity index (χ1) is 5.46. The van der Waals surface area contributed by atoms with Gasteiger partial charge in [0.15, 0.2) is 0 Å². The van der Waals surface area contributed by atoms with Crippen molar-refractivity contribution in [2.45, 2.75) is 32.3 Å². The molecule has 0 aromatic heterocycles. The van der Waals surface area contributed by atoms with Crippen LogP contribution in [0.25, 0.3) is 0 Å². The summed E-state index contributed by atoms with van der Waals surface area (Å²) in [5.41, 5.74) is 0. The van der Waals surface area contributed by atoms with Crippen molar-refractivity contribution in [1.82, 2.24) is 0 Å². The highest BCUT2D eigenvalue weighted by Gasteiger charge is 2.46. The molecule has 1 fully saturated rings. The van der Waals surface area contributed by atoms with E-state index in [1.807, 2.05) is 0 Å². The van der Waals surface area contributed by atoms with Crippen LogP contribution in [0.15, 0.2) is 0 Å². The number of alkyl halides is 6. The Morgan fingerprint density at radius 3 is 0.538 bits per heavy atom. The molecule has 0 aromatic carbocycles. The molecule has 0 saturated heterocycles. The smallest absolute Gasteiger partial charge is 0.0693 e. The van der Waals surface area contributed by atoms with Crippen molar-refractivity contribution in [1.29, 1.82) is 0 Å². The van der Waals surface area contributed by atoms with Gasteiger partial charge in [0.2, 0.25) is 0 Å². The van der Waals surface area contributed by atoms with Gasteiger partial charge in [-0.25, -0.2) is 0 Å². The van der Waals surface area contributed by atoms with Crippen LogP contribution in [-0.2, 0) is 0 Å². The topological polar surface area (TPSA) is 0 Å². The Labute approximate surface area is 114 Å². The SMILES string of the molecule is Cl.Cl[C@H]1[C@H](Cl)[C@@H](Cl)[C@@H](Cl)[C@H](Cl)[C@H]1Cl. The fourth-order valence-corrected chi connectivity index (χ4v) is 3.38. The van der Waals surface area contributed by atoms with Gasteiger partial charge in [0.25, 0.3) is 0 Å². The molecule has 0 aliphatic heterocycles. The highest BCUT2D eigenvalue weighted by molar-refractivity contribution is 6.45.